The molecule has 1 aliphatic heterocycles. The molecule has 7 nitrogen and oxygen atoms in total. The third kappa shape index (κ3) is 5.22. The van der Waals surface area contributed by atoms with Crippen LogP contribution in [0.2, 0.25) is 0 Å². The average molecular weight is 465 g/mol. The maximum Gasteiger partial charge on any atom is 0.228 e. The zero-order chi connectivity index (χ0) is 23.4. The highest BCUT2D eigenvalue weighted by Crippen LogP contribution is 2.27. The Bertz CT molecular complexity index is 1290. The van der Waals surface area contributed by atoms with Gasteiger partial charge in [0, 0.05) is 23.3 Å². The third-order valence-corrected chi connectivity index (χ3v) is 7.75. The molecule has 0 fully saturated rings. The number of nitrogens with zero attached hydrogens (tertiary/aromatic N) is 2. The predicted molar refractivity (Wildman–Crippen MR) is 130 cm³/mol. The minimum Gasteiger partial charge on any atom is -0.326 e. The lowest BCUT2D eigenvalue weighted by Gasteiger charge is -2.13. The summed E-state index contributed by atoms with van der Waals surface area (Å²) in [6.07, 6.45) is 4.76. The molecule has 4 rings (SSSR count). The second-order valence-electron chi connectivity index (χ2n) is 8.17. The van der Waals surface area contributed by atoms with E-state index in [0.717, 1.165) is 40.2 Å². The van der Waals surface area contributed by atoms with E-state index in [1.54, 1.807) is 12.1 Å². The van der Waals surface area contributed by atoms with Gasteiger partial charge in [-0.05, 0) is 66.6 Å². The number of hydrogen-bond acceptors (Lipinski definition) is 6. The number of aryl methyl sites for hydroxylation is 3. The highest BCUT2D eigenvalue weighted by atomic mass is 32.2. The van der Waals surface area contributed by atoms with Gasteiger partial charge in [0.15, 0.2) is 9.84 Å². The van der Waals surface area contributed by atoms with Crippen molar-refractivity contribution in [1.82, 2.24) is 9.97 Å². The predicted octanol–water partition coefficient (Wildman–Crippen LogP) is 4.25. The summed E-state index contributed by atoms with van der Waals surface area (Å²) in [6.45, 7) is 3.93. The number of benzene rings is 2. The van der Waals surface area contributed by atoms with Crippen LogP contribution in [0, 0.1) is 0 Å². The Labute approximate surface area is 194 Å². The number of carbonyl (C=O) groups is 1. The highest BCUT2D eigenvalue weighted by molar-refractivity contribution is 7.91. The van der Waals surface area contributed by atoms with E-state index in [-0.39, 0.29) is 11.7 Å². The summed E-state index contributed by atoms with van der Waals surface area (Å²) in [5, 5.41) is 6.06. The van der Waals surface area contributed by atoms with Crippen LogP contribution >= 0.6 is 0 Å². The molecule has 2 heterocycles. The van der Waals surface area contributed by atoms with Crippen LogP contribution in [0.1, 0.15) is 42.7 Å². The number of carbonyl (C=O) groups excluding carboxylic acids is 1. The third-order valence-electron chi connectivity index (χ3n) is 5.73. The van der Waals surface area contributed by atoms with Crippen LogP contribution in [0.3, 0.4) is 0 Å². The fraction of sp³-hybridized carbons (Fsp3) is 0.320. The minimum atomic E-state index is -3.29. The van der Waals surface area contributed by atoms with Crippen LogP contribution in [-0.4, -0.2) is 30.0 Å². The van der Waals surface area contributed by atoms with Crippen molar-refractivity contribution in [2.45, 2.75) is 50.8 Å². The fourth-order valence-corrected chi connectivity index (χ4v) is 5.71. The van der Waals surface area contributed by atoms with Crippen molar-refractivity contribution in [2.75, 3.05) is 16.4 Å². The Morgan fingerprint density at radius 1 is 1.06 bits per heavy atom. The number of rotatable bonds is 9. The molecule has 3 aromatic rings. The molecule has 1 aromatic heterocycles. The first kappa shape index (κ1) is 22.9. The number of aromatic nitrogens is 2. The van der Waals surface area contributed by atoms with Gasteiger partial charge in [0.25, 0.3) is 0 Å². The number of nitrogens with one attached hydrogen (secondary N) is 2. The number of amides is 1. The smallest absolute Gasteiger partial charge is 0.228 e. The summed E-state index contributed by atoms with van der Waals surface area (Å²) in [5.74, 6) is 0.619. The molecule has 0 radical (unpaired) electrons. The molecule has 0 unspecified atom stereocenters. The molecule has 172 valence electrons. The number of sulfone groups is 1. The van der Waals surface area contributed by atoms with Gasteiger partial charge in [-0.15, -0.1) is 0 Å². The second-order valence-corrected chi connectivity index (χ2v) is 10.2. The summed E-state index contributed by atoms with van der Waals surface area (Å²) in [5.41, 5.74) is 5.35. The van der Waals surface area contributed by atoms with Crippen molar-refractivity contribution in [1.29, 1.82) is 0 Å². The minimum absolute atomic E-state index is 0.00535. The fourth-order valence-electron chi connectivity index (χ4n) is 4.10. The summed E-state index contributed by atoms with van der Waals surface area (Å²) in [7, 11) is -3.29. The van der Waals surface area contributed by atoms with Crippen LogP contribution in [-0.2, 0) is 40.3 Å². The molecular formula is C25H28N4O3S. The summed E-state index contributed by atoms with van der Waals surface area (Å²) >= 11 is 0. The van der Waals surface area contributed by atoms with Gasteiger partial charge in [0.05, 0.1) is 17.1 Å². The Hall–Kier alpha value is -3.26. The lowest BCUT2D eigenvalue weighted by atomic mass is 10.0. The molecule has 0 saturated heterocycles. The molecular weight excluding hydrogens is 436 g/mol. The van der Waals surface area contributed by atoms with Crippen molar-refractivity contribution < 1.29 is 13.2 Å². The summed E-state index contributed by atoms with van der Waals surface area (Å²) < 4.78 is 25.4. The normalized spacial score (nSPS) is 13.0. The molecule has 8 heteroatoms. The van der Waals surface area contributed by atoms with Crippen molar-refractivity contribution >= 4 is 33.1 Å². The Morgan fingerprint density at radius 3 is 2.67 bits per heavy atom. The molecule has 33 heavy (non-hydrogen) atoms. The van der Waals surface area contributed by atoms with Gasteiger partial charge in [0.1, 0.15) is 0 Å². The zero-order valence-electron chi connectivity index (χ0n) is 18.9. The molecule has 0 atom stereocenters. The maximum absolute atomic E-state index is 12.7. The van der Waals surface area contributed by atoms with Crippen LogP contribution < -0.4 is 10.6 Å². The zero-order valence-corrected chi connectivity index (χ0v) is 19.7. The maximum atomic E-state index is 12.7. The van der Waals surface area contributed by atoms with Gasteiger partial charge < -0.3 is 10.6 Å². The van der Waals surface area contributed by atoms with E-state index in [9.17, 15) is 13.2 Å². The van der Waals surface area contributed by atoms with Crippen molar-refractivity contribution in [3.8, 4) is 0 Å². The van der Waals surface area contributed by atoms with Crippen molar-refractivity contribution in [2.24, 2.45) is 0 Å². The number of anilines is 3. The van der Waals surface area contributed by atoms with E-state index in [1.807, 2.05) is 43.5 Å². The van der Waals surface area contributed by atoms with Gasteiger partial charge in [-0.1, -0.05) is 32.0 Å². The van der Waals surface area contributed by atoms with E-state index in [2.05, 4.69) is 22.5 Å². The largest absolute Gasteiger partial charge is 0.326 e. The first-order valence-corrected chi connectivity index (χ1v) is 12.9. The molecule has 2 aromatic carbocycles. The quantitative estimate of drug-likeness (QED) is 0.491. The van der Waals surface area contributed by atoms with Gasteiger partial charge >= 0.3 is 0 Å². The summed E-state index contributed by atoms with van der Waals surface area (Å²) in [4.78, 5) is 21.2. The monoisotopic (exact) mass is 464 g/mol. The van der Waals surface area contributed by atoms with Crippen LogP contribution in [0.15, 0.2) is 53.6 Å². The molecule has 0 bridgehead atoms. The molecule has 2 N–H and O–H groups in total. The van der Waals surface area contributed by atoms with E-state index < -0.39 is 9.84 Å². The van der Waals surface area contributed by atoms with E-state index in [1.165, 1.54) is 0 Å². The molecule has 1 aliphatic rings. The molecule has 0 saturated carbocycles. The van der Waals surface area contributed by atoms with Crippen LogP contribution in [0.25, 0.3) is 0 Å². The van der Waals surface area contributed by atoms with Crippen molar-refractivity contribution in [3.05, 3.63) is 71.0 Å². The van der Waals surface area contributed by atoms with Crippen molar-refractivity contribution in [3.63, 3.8) is 0 Å². The van der Waals surface area contributed by atoms with Crippen LogP contribution in [0.4, 0.5) is 17.3 Å². The average Bonchev–Trinajstić information content (AvgIpc) is 3.17. The molecule has 0 aliphatic carbocycles. The molecule has 0 spiro atoms. The van der Waals surface area contributed by atoms with Gasteiger partial charge in [-0.2, -0.15) is 0 Å². The van der Waals surface area contributed by atoms with Gasteiger partial charge in [0.2, 0.25) is 11.9 Å². The first-order valence-electron chi connectivity index (χ1n) is 11.2. The van der Waals surface area contributed by atoms with Gasteiger partial charge in [-0.25, -0.2) is 18.4 Å². The first-order chi connectivity index (χ1) is 15.9. The highest BCUT2D eigenvalue weighted by Gasteiger charge is 2.19. The summed E-state index contributed by atoms with van der Waals surface area (Å²) in [6, 6.07) is 12.9. The standard InChI is InChI=1S/C25H28N4O3S/c1-3-13-33(31,32)23-8-6-5-7-18(23)9-11-21-17(4-2)16-26-25(29-21)27-20-10-12-22-19(14-20)15-24(30)28-22/h5-8,10,12,14,16H,3-4,9,11,13,15H2,1-2H3,(H,28,30)(H,26,27,29). The lowest BCUT2D eigenvalue weighted by molar-refractivity contribution is -0.115. The molecule has 1 amide bonds. The lowest BCUT2D eigenvalue weighted by Crippen LogP contribution is -2.10. The second kappa shape index (κ2) is 9.70. The van der Waals surface area contributed by atoms with E-state index in [4.69, 9.17) is 4.98 Å². The van der Waals surface area contributed by atoms with E-state index >= 15 is 0 Å². The Balaban J connectivity index is 1.54. The number of fused-ring (bicyclic) bond motifs is 1. The topological polar surface area (TPSA) is 101 Å². The number of hydrogen-bond donors (Lipinski definition) is 2. The Kier molecular flexibility index (Phi) is 6.74. The van der Waals surface area contributed by atoms with E-state index in [0.29, 0.717) is 36.5 Å². The SMILES string of the molecule is CCCS(=O)(=O)c1ccccc1CCc1nc(Nc2ccc3c(c2)CC(=O)N3)ncc1CC. The Morgan fingerprint density at radius 2 is 1.88 bits per heavy atom. The van der Waals surface area contributed by atoms with Crippen LogP contribution in [0.5, 0.6) is 0 Å². The van der Waals surface area contributed by atoms with Gasteiger partial charge in [-0.3, -0.25) is 4.79 Å².